The Hall–Kier alpha value is -1.60. The van der Waals surface area contributed by atoms with E-state index in [0.29, 0.717) is 29.6 Å². The van der Waals surface area contributed by atoms with Crippen molar-refractivity contribution in [2.24, 2.45) is 0 Å². The van der Waals surface area contributed by atoms with Crippen LogP contribution in [0, 0.1) is 0 Å². The van der Waals surface area contributed by atoms with Gasteiger partial charge in [-0.2, -0.15) is 0 Å². The van der Waals surface area contributed by atoms with Gasteiger partial charge in [-0.1, -0.05) is 6.92 Å². The minimum Gasteiger partial charge on any atom is -0.493 e. The Morgan fingerprint density at radius 2 is 2.11 bits per heavy atom. The Morgan fingerprint density at radius 3 is 2.78 bits per heavy atom. The van der Waals surface area contributed by atoms with Crippen LogP contribution in [0.5, 0.6) is 11.5 Å². The summed E-state index contributed by atoms with van der Waals surface area (Å²) in [5.41, 5.74) is 2.84. The molecule has 1 aromatic rings. The molecule has 146 valence electrons. The van der Waals surface area contributed by atoms with Crippen molar-refractivity contribution >= 4 is 39.0 Å². The van der Waals surface area contributed by atoms with Gasteiger partial charge in [0.15, 0.2) is 22.4 Å². The predicted molar refractivity (Wildman–Crippen MR) is 113 cm³/mol. The molecule has 0 radical (unpaired) electrons. The third-order valence-corrected chi connectivity index (χ3v) is 5.80. The number of methoxy groups -OCH3 is 1. The van der Waals surface area contributed by atoms with Crippen molar-refractivity contribution in [1.82, 2.24) is 10.2 Å². The van der Waals surface area contributed by atoms with Crippen LogP contribution in [-0.2, 0) is 4.79 Å². The van der Waals surface area contributed by atoms with E-state index in [1.165, 1.54) is 0 Å². The van der Waals surface area contributed by atoms with Crippen molar-refractivity contribution in [3.05, 3.63) is 33.4 Å². The van der Waals surface area contributed by atoms with Crippen LogP contribution in [0.2, 0.25) is 0 Å². The van der Waals surface area contributed by atoms with E-state index < -0.39 is 0 Å². The molecule has 7 heteroatoms. The third kappa shape index (κ3) is 3.85. The van der Waals surface area contributed by atoms with Crippen LogP contribution in [0.1, 0.15) is 51.1 Å². The summed E-state index contributed by atoms with van der Waals surface area (Å²) in [4.78, 5) is 14.9. The first kappa shape index (κ1) is 20.1. The van der Waals surface area contributed by atoms with Gasteiger partial charge < -0.3 is 19.7 Å². The molecule has 1 aromatic carbocycles. The molecule has 0 saturated carbocycles. The van der Waals surface area contributed by atoms with Crippen molar-refractivity contribution in [1.29, 1.82) is 0 Å². The lowest BCUT2D eigenvalue weighted by Crippen LogP contribution is -2.49. The lowest BCUT2D eigenvalue weighted by atomic mass is 9.84. The maximum absolute atomic E-state index is 12.8. The number of benzene rings is 1. The molecule has 0 amide bonds. The number of allylic oxidation sites excluding steroid dienone is 1. The number of nitrogens with zero attached hydrogens (tertiary/aromatic N) is 1. The highest BCUT2D eigenvalue weighted by Crippen LogP contribution is 2.42. The summed E-state index contributed by atoms with van der Waals surface area (Å²) in [5.74, 6) is 1.50. The second-order valence-electron chi connectivity index (χ2n) is 6.64. The first-order valence-corrected chi connectivity index (χ1v) is 10.6. The van der Waals surface area contributed by atoms with Crippen LogP contribution < -0.4 is 14.8 Å². The number of hydrogen-bond donors (Lipinski definition) is 1. The average molecular weight is 453 g/mol. The molecule has 0 spiro atoms. The summed E-state index contributed by atoms with van der Waals surface area (Å²) >= 11 is 9.22. The van der Waals surface area contributed by atoms with E-state index in [-0.39, 0.29) is 11.8 Å². The SMILES string of the molecule is CCCN1C(=S)NC(c2cc(Br)c(OCC)c(OC)c2)C2=C1CCCC2=O. The molecule has 1 heterocycles. The van der Waals surface area contributed by atoms with Gasteiger partial charge in [-0.25, -0.2) is 0 Å². The van der Waals surface area contributed by atoms with Crippen LogP contribution in [0.3, 0.4) is 0 Å². The molecule has 1 aliphatic heterocycles. The number of rotatable bonds is 6. The molecular formula is C20H25BrN2O3S. The number of ether oxygens (including phenoxy) is 2. The number of ketones is 1. The number of carbonyl (C=O) groups excluding carboxylic acids is 1. The Labute approximate surface area is 174 Å². The molecule has 1 aliphatic carbocycles. The molecular weight excluding hydrogens is 428 g/mol. The molecule has 0 bridgehead atoms. The topological polar surface area (TPSA) is 50.8 Å². The normalized spacial score (nSPS) is 19.7. The third-order valence-electron chi connectivity index (χ3n) is 4.88. The number of hydrogen-bond acceptors (Lipinski definition) is 4. The Balaban J connectivity index is 2.10. The van der Waals surface area contributed by atoms with Gasteiger partial charge in [0.2, 0.25) is 0 Å². The van der Waals surface area contributed by atoms with Gasteiger partial charge in [0.1, 0.15) is 0 Å². The van der Waals surface area contributed by atoms with Crippen molar-refractivity contribution in [2.45, 2.75) is 45.6 Å². The fourth-order valence-corrected chi connectivity index (χ4v) is 4.65. The van der Waals surface area contributed by atoms with Crippen LogP contribution >= 0.6 is 28.1 Å². The molecule has 1 N–H and O–H groups in total. The highest BCUT2D eigenvalue weighted by Gasteiger charge is 2.37. The van der Waals surface area contributed by atoms with Crippen molar-refractivity contribution in [3.63, 3.8) is 0 Å². The van der Waals surface area contributed by atoms with E-state index >= 15 is 0 Å². The molecule has 0 aromatic heterocycles. The fraction of sp³-hybridized carbons (Fsp3) is 0.500. The number of nitrogens with one attached hydrogen (secondary N) is 1. The average Bonchev–Trinajstić information content (AvgIpc) is 2.65. The van der Waals surface area contributed by atoms with Crippen LogP contribution in [0.4, 0.5) is 0 Å². The summed E-state index contributed by atoms with van der Waals surface area (Å²) in [6.45, 7) is 5.41. The quantitative estimate of drug-likeness (QED) is 0.640. The first-order chi connectivity index (χ1) is 13.0. The maximum atomic E-state index is 12.8. The van der Waals surface area contributed by atoms with Crippen molar-refractivity contribution in [2.75, 3.05) is 20.3 Å². The van der Waals surface area contributed by atoms with Crippen LogP contribution in [-0.4, -0.2) is 36.1 Å². The Morgan fingerprint density at radius 1 is 1.33 bits per heavy atom. The molecule has 0 fully saturated rings. The number of halogens is 1. The van der Waals surface area contributed by atoms with E-state index in [4.69, 9.17) is 21.7 Å². The van der Waals surface area contributed by atoms with E-state index in [1.54, 1.807) is 7.11 Å². The van der Waals surface area contributed by atoms with Gasteiger partial charge in [0, 0.05) is 24.2 Å². The summed E-state index contributed by atoms with van der Waals surface area (Å²) < 4.78 is 12.0. The minimum atomic E-state index is -0.269. The van der Waals surface area contributed by atoms with E-state index in [0.717, 1.165) is 47.1 Å². The second-order valence-corrected chi connectivity index (χ2v) is 7.88. The molecule has 2 aliphatic rings. The standard InChI is InChI=1S/C20H25BrN2O3S/c1-4-9-23-14-7-6-8-15(24)17(14)18(22-20(23)27)12-10-13(21)19(26-5-2)16(11-12)25-3/h10-11,18H,4-9H2,1-3H3,(H,22,27). The van der Waals surface area contributed by atoms with Crippen LogP contribution in [0.25, 0.3) is 0 Å². The van der Waals surface area contributed by atoms with Gasteiger partial charge in [0.25, 0.3) is 0 Å². The summed E-state index contributed by atoms with van der Waals surface area (Å²) in [6, 6.07) is 3.64. The zero-order valence-corrected chi connectivity index (χ0v) is 18.3. The smallest absolute Gasteiger partial charge is 0.175 e. The van der Waals surface area contributed by atoms with Gasteiger partial charge in [0.05, 0.1) is 24.2 Å². The van der Waals surface area contributed by atoms with Crippen molar-refractivity contribution < 1.29 is 14.3 Å². The predicted octanol–water partition coefficient (Wildman–Crippen LogP) is 4.50. The lowest BCUT2D eigenvalue weighted by molar-refractivity contribution is -0.116. The number of carbonyl (C=O) groups is 1. The molecule has 1 unspecified atom stereocenters. The fourth-order valence-electron chi connectivity index (χ4n) is 3.75. The van der Waals surface area contributed by atoms with Gasteiger partial charge >= 0.3 is 0 Å². The molecule has 5 nitrogen and oxygen atoms in total. The molecule has 0 saturated heterocycles. The number of thiocarbonyl (C=S) groups is 1. The number of Topliss-reactive ketones (excluding diaryl/α,β-unsaturated/α-hetero) is 1. The maximum Gasteiger partial charge on any atom is 0.175 e. The first-order valence-electron chi connectivity index (χ1n) is 9.36. The Bertz CT molecular complexity index is 794. The summed E-state index contributed by atoms with van der Waals surface area (Å²) in [5, 5.41) is 4.07. The zero-order valence-electron chi connectivity index (χ0n) is 15.9. The highest BCUT2D eigenvalue weighted by atomic mass is 79.9. The molecule has 3 rings (SSSR count). The Kier molecular flexibility index (Phi) is 6.42. The lowest BCUT2D eigenvalue weighted by Gasteiger charge is -2.41. The molecule has 1 atom stereocenters. The second kappa shape index (κ2) is 8.61. The highest BCUT2D eigenvalue weighted by molar-refractivity contribution is 9.10. The van der Waals surface area contributed by atoms with E-state index in [1.807, 2.05) is 19.1 Å². The van der Waals surface area contributed by atoms with E-state index in [9.17, 15) is 4.79 Å². The summed E-state index contributed by atoms with van der Waals surface area (Å²) in [6.07, 6.45) is 3.32. The summed E-state index contributed by atoms with van der Waals surface area (Å²) in [7, 11) is 1.62. The van der Waals surface area contributed by atoms with Gasteiger partial charge in [-0.05, 0) is 72.0 Å². The monoisotopic (exact) mass is 452 g/mol. The minimum absolute atomic E-state index is 0.196. The molecule has 27 heavy (non-hydrogen) atoms. The van der Waals surface area contributed by atoms with Crippen LogP contribution in [0.15, 0.2) is 27.9 Å². The van der Waals surface area contributed by atoms with Gasteiger partial charge in [-0.3, -0.25) is 4.79 Å². The largest absolute Gasteiger partial charge is 0.493 e. The zero-order chi connectivity index (χ0) is 19.6. The van der Waals surface area contributed by atoms with Gasteiger partial charge in [-0.15, -0.1) is 0 Å². The van der Waals surface area contributed by atoms with E-state index in [2.05, 4.69) is 33.1 Å². The van der Waals surface area contributed by atoms with Crippen molar-refractivity contribution in [3.8, 4) is 11.5 Å².